The van der Waals surface area contributed by atoms with Crippen molar-refractivity contribution in [1.29, 1.82) is 0 Å². The zero-order valence-electron chi connectivity index (χ0n) is 12.8. The van der Waals surface area contributed by atoms with Crippen LogP contribution in [0.2, 0.25) is 0 Å². The highest BCUT2D eigenvalue weighted by Crippen LogP contribution is 2.26. The summed E-state index contributed by atoms with van der Waals surface area (Å²) in [6.45, 7) is 0.307. The second kappa shape index (κ2) is 6.62. The molecule has 23 heavy (non-hydrogen) atoms. The number of hydrogen-bond acceptors (Lipinski definition) is 4. The first-order chi connectivity index (χ1) is 11.2. The van der Waals surface area contributed by atoms with Crippen molar-refractivity contribution in [1.82, 2.24) is 0 Å². The number of hydrogen-bond donors (Lipinski definition) is 0. The van der Waals surface area contributed by atoms with Crippen molar-refractivity contribution < 1.29 is 19.1 Å². The fourth-order valence-corrected chi connectivity index (χ4v) is 2.51. The third-order valence-corrected chi connectivity index (χ3v) is 3.73. The molecule has 1 fully saturated rings. The van der Waals surface area contributed by atoms with Gasteiger partial charge in [0.2, 0.25) is 5.91 Å². The number of nitrogens with zero attached hydrogens (tertiary/aromatic N) is 1. The van der Waals surface area contributed by atoms with E-state index in [9.17, 15) is 9.59 Å². The summed E-state index contributed by atoms with van der Waals surface area (Å²) in [5.74, 6) is 0.0963. The normalized spacial score (nSPS) is 17.6. The zero-order valence-corrected chi connectivity index (χ0v) is 12.8. The minimum atomic E-state index is -0.732. The molecular formula is C18H17NO4. The van der Waals surface area contributed by atoms with Gasteiger partial charge in [-0.3, -0.25) is 9.59 Å². The van der Waals surface area contributed by atoms with Crippen LogP contribution >= 0.6 is 0 Å². The number of rotatable bonds is 5. The number of anilines is 1. The minimum absolute atomic E-state index is 0.0672. The highest BCUT2D eigenvalue weighted by atomic mass is 16.5. The van der Waals surface area contributed by atoms with Crippen molar-refractivity contribution in [2.24, 2.45) is 0 Å². The molecule has 1 atom stereocenters. The number of methoxy groups -OCH3 is 1. The van der Waals surface area contributed by atoms with Crippen molar-refractivity contribution in [3.05, 3.63) is 60.2 Å². The summed E-state index contributed by atoms with van der Waals surface area (Å²) in [6, 6.07) is 16.4. The summed E-state index contributed by atoms with van der Waals surface area (Å²) in [4.78, 5) is 25.8. The summed E-state index contributed by atoms with van der Waals surface area (Å²) in [6.07, 6.45) is -0.665. The number of benzene rings is 2. The molecule has 0 radical (unpaired) electrons. The Morgan fingerprint density at radius 2 is 1.74 bits per heavy atom. The predicted molar refractivity (Wildman–Crippen MR) is 85.1 cm³/mol. The molecule has 0 unspecified atom stereocenters. The molecule has 5 nitrogen and oxygen atoms in total. The number of amides is 2. The van der Waals surface area contributed by atoms with Gasteiger partial charge in [0.25, 0.3) is 5.91 Å². The second-order valence-electron chi connectivity index (χ2n) is 5.25. The van der Waals surface area contributed by atoms with Gasteiger partial charge in [-0.15, -0.1) is 0 Å². The summed E-state index contributed by atoms with van der Waals surface area (Å²) in [5.41, 5.74) is 1.50. The third kappa shape index (κ3) is 3.24. The van der Waals surface area contributed by atoms with Crippen molar-refractivity contribution in [3.8, 4) is 5.75 Å². The third-order valence-electron chi connectivity index (χ3n) is 3.73. The van der Waals surface area contributed by atoms with E-state index < -0.39 is 6.10 Å². The van der Waals surface area contributed by atoms with Crippen molar-refractivity contribution in [2.75, 3.05) is 12.0 Å². The molecule has 2 aromatic rings. The maximum atomic E-state index is 12.4. The Balaban J connectivity index is 1.69. The predicted octanol–water partition coefficient (Wildman–Crippen LogP) is 2.54. The fourth-order valence-electron chi connectivity index (χ4n) is 2.51. The van der Waals surface area contributed by atoms with Crippen LogP contribution in [0.25, 0.3) is 0 Å². The molecule has 1 aliphatic heterocycles. The van der Waals surface area contributed by atoms with Crippen LogP contribution in [-0.2, 0) is 20.9 Å². The molecule has 1 aliphatic rings. The highest BCUT2D eigenvalue weighted by Gasteiger charge is 2.40. The maximum absolute atomic E-state index is 12.4. The lowest BCUT2D eigenvalue weighted by Crippen LogP contribution is -2.32. The standard InChI is InChI=1S/C18H17NO4/c1-22-15-9-7-14(8-10-15)19-17(20)11-16(18(19)21)23-12-13-5-3-2-4-6-13/h2-10,16H,11-12H2,1H3/t16-/m1/s1. The molecule has 1 saturated heterocycles. The van der Waals surface area contributed by atoms with E-state index in [4.69, 9.17) is 9.47 Å². The summed E-state index contributed by atoms with van der Waals surface area (Å²) in [7, 11) is 1.56. The van der Waals surface area contributed by atoms with Gasteiger partial charge in [-0.2, -0.15) is 0 Å². The van der Waals surface area contributed by atoms with Crippen LogP contribution < -0.4 is 9.64 Å². The molecule has 0 aliphatic carbocycles. The molecule has 2 aromatic carbocycles. The lowest BCUT2D eigenvalue weighted by molar-refractivity contribution is -0.127. The molecule has 1 heterocycles. The molecule has 118 valence electrons. The minimum Gasteiger partial charge on any atom is -0.497 e. The van der Waals surface area contributed by atoms with Gasteiger partial charge in [0, 0.05) is 0 Å². The van der Waals surface area contributed by atoms with E-state index in [2.05, 4.69) is 0 Å². The van der Waals surface area contributed by atoms with Gasteiger partial charge >= 0.3 is 0 Å². The largest absolute Gasteiger partial charge is 0.497 e. The molecule has 0 spiro atoms. The Morgan fingerprint density at radius 1 is 1.04 bits per heavy atom. The summed E-state index contributed by atoms with van der Waals surface area (Å²) < 4.78 is 10.7. The van der Waals surface area contributed by atoms with Crippen LogP contribution in [0.5, 0.6) is 5.75 Å². The van der Waals surface area contributed by atoms with Crippen LogP contribution in [0.1, 0.15) is 12.0 Å². The molecule has 0 saturated carbocycles. The Labute approximate surface area is 134 Å². The average Bonchev–Trinajstić information content (AvgIpc) is 2.88. The molecule has 0 aromatic heterocycles. The topological polar surface area (TPSA) is 55.8 Å². The highest BCUT2D eigenvalue weighted by molar-refractivity contribution is 6.22. The van der Waals surface area contributed by atoms with Crippen LogP contribution in [0.15, 0.2) is 54.6 Å². The first kappa shape index (κ1) is 15.2. The van der Waals surface area contributed by atoms with E-state index in [0.717, 1.165) is 5.56 Å². The van der Waals surface area contributed by atoms with Crippen molar-refractivity contribution >= 4 is 17.5 Å². The second-order valence-corrected chi connectivity index (χ2v) is 5.25. The maximum Gasteiger partial charge on any atom is 0.263 e. The van der Waals surface area contributed by atoms with E-state index in [1.165, 1.54) is 4.90 Å². The van der Waals surface area contributed by atoms with Crippen molar-refractivity contribution in [3.63, 3.8) is 0 Å². The van der Waals surface area contributed by atoms with E-state index in [1.54, 1.807) is 31.4 Å². The fraction of sp³-hybridized carbons (Fsp3) is 0.222. The van der Waals surface area contributed by atoms with Crippen LogP contribution in [0.3, 0.4) is 0 Å². The SMILES string of the molecule is COc1ccc(N2C(=O)C[C@@H](OCc3ccccc3)C2=O)cc1. The van der Waals surface area contributed by atoms with Gasteiger partial charge in [0.15, 0.2) is 0 Å². The smallest absolute Gasteiger partial charge is 0.263 e. The Hall–Kier alpha value is -2.66. The van der Waals surface area contributed by atoms with Gasteiger partial charge in [0.05, 0.1) is 25.8 Å². The summed E-state index contributed by atoms with van der Waals surface area (Å²) >= 11 is 0. The van der Waals surface area contributed by atoms with Gasteiger partial charge in [-0.05, 0) is 29.8 Å². The molecule has 3 rings (SSSR count). The summed E-state index contributed by atoms with van der Waals surface area (Å²) in [5, 5.41) is 0. The number of carbonyl (C=O) groups is 2. The molecule has 2 amide bonds. The van der Waals surface area contributed by atoms with E-state index >= 15 is 0 Å². The Kier molecular flexibility index (Phi) is 4.39. The lowest BCUT2D eigenvalue weighted by atomic mass is 10.2. The van der Waals surface area contributed by atoms with Gasteiger partial charge in [0.1, 0.15) is 11.9 Å². The van der Waals surface area contributed by atoms with E-state index in [-0.39, 0.29) is 18.2 Å². The lowest BCUT2D eigenvalue weighted by Gasteiger charge is -2.15. The molecule has 0 bridgehead atoms. The van der Waals surface area contributed by atoms with E-state index in [1.807, 2.05) is 30.3 Å². The number of carbonyl (C=O) groups excluding carboxylic acids is 2. The first-order valence-electron chi connectivity index (χ1n) is 7.35. The number of imide groups is 1. The van der Waals surface area contributed by atoms with Crippen molar-refractivity contribution in [2.45, 2.75) is 19.1 Å². The quantitative estimate of drug-likeness (QED) is 0.796. The van der Waals surface area contributed by atoms with Crippen LogP contribution in [-0.4, -0.2) is 25.0 Å². The first-order valence-corrected chi connectivity index (χ1v) is 7.35. The Morgan fingerprint density at radius 3 is 2.39 bits per heavy atom. The van der Waals surface area contributed by atoms with Gasteiger partial charge < -0.3 is 9.47 Å². The zero-order chi connectivity index (χ0) is 16.2. The number of ether oxygens (including phenoxy) is 2. The monoisotopic (exact) mass is 311 g/mol. The van der Waals surface area contributed by atoms with Crippen LogP contribution in [0, 0.1) is 0 Å². The van der Waals surface area contributed by atoms with Gasteiger partial charge in [-0.1, -0.05) is 30.3 Å². The molecule has 5 heteroatoms. The van der Waals surface area contributed by atoms with Gasteiger partial charge in [-0.25, -0.2) is 4.90 Å². The van der Waals surface area contributed by atoms with Crippen LogP contribution in [0.4, 0.5) is 5.69 Å². The molecular weight excluding hydrogens is 294 g/mol. The van der Waals surface area contributed by atoms with E-state index in [0.29, 0.717) is 18.0 Å². The Bertz CT molecular complexity index is 697. The molecule has 0 N–H and O–H groups in total. The average molecular weight is 311 g/mol.